The molecule has 2 N–H and O–H groups in total. The van der Waals surface area contributed by atoms with E-state index >= 15 is 0 Å². The molecular weight excluding hydrogens is 473 g/mol. The first-order chi connectivity index (χ1) is 13.2. The molecule has 1 fully saturated rings. The second-order valence-electron chi connectivity index (χ2n) is 6.30. The number of nitrogens with zero attached hydrogens (tertiary/aromatic N) is 5. The first-order valence-corrected chi connectivity index (χ1v) is 9.62. The van der Waals surface area contributed by atoms with Gasteiger partial charge in [-0.3, -0.25) is 4.99 Å². The normalized spacial score (nSPS) is 14.9. The number of guanidine groups is 1. The van der Waals surface area contributed by atoms with Crippen LogP contribution < -0.4 is 10.6 Å². The monoisotopic (exact) mass is 505 g/mol. The first kappa shape index (κ1) is 24.2. The number of amides is 1. The molecule has 0 bridgehead atoms. The lowest BCUT2D eigenvalue weighted by molar-refractivity contribution is 0.0963. The molecule has 0 spiro atoms. The van der Waals surface area contributed by atoms with Crippen molar-refractivity contribution in [2.24, 2.45) is 4.99 Å². The van der Waals surface area contributed by atoms with Crippen LogP contribution in [-0.2, 0) is 17.7 Å². The molecule has 1 aromatic rings. The Balaban J connectivity index is 0.00000392. The van der Waals surface area contributed by atoms with Crippen molar-refractivity contribution in [1.82, 2.24) is 30.3 Å². The van der Waals surface area contributed by atoms with Crippen LogP contribution in [0.3, 0.4) is 0 Å². The third-order valence-corrected chi connectivity index (χ3v) is 4.40. The maximum absolute atomic E-state index is 11.8. The molecule has 1 amide bonds. The number of hydrogen-bond donors (Lipinski definition) is 2. The quantitative estimate of drug-likeness (QED) is 0.242. The molecule has 10 heteroatoms. The molecule has 28 heavy (non-hydrogen) atoms. The SMILES string of the molecule is C=CCNC(=NCCn1cnnc1CC)NC1CCN(C(=O)OCC)CC1.I. The number of ether oxygens (including phenoxy) is 1. The summed E-state index contributed by atoms with van der Waals surface area (Å²) in [5.41, 5.74) is 0. The summed E-state index contributed by atoms with van der Waals surface area (Å²) in [6, 6.07) is 0.271. The summed E-state index contributed by atoms with van der Waals surface area (Å²) < 4.78 is 7.09. The van der Waals surface area contributed by atoms with E-state index in [0.29, 0.717) is 32.8 Å². The van der Waals surface area contributed by atoms with E-state index in [0.717, 1.165) is 37.6 Å². The van der Waals surface area contributed by atoms with Gasteiger partial charge in [0, 0.05) is 38.6 Å². The second-order valence-corrected chi connectivity index (χ2v) is 6.30. The number of aliphatic imine (C=N–C) groups is 1. The van der Waals surface area contributed by atoms with Gasteiger partial charge in [0.15, 0.2) is 5.96 Å². The average Bonchev–Trinajstić information content (AvgIpc) is 3.14. The Hall–Kier alpha value is -1.85. The molecule has 1 saturated heterocycles. The Morgan fingerprint density at radius 1 is 1.43 bits per heavy atom. The van der Waals surface area contributed by atoms with E-state index < -0.39 is 0 Å². The number of halogens is 1. The number of rotatable bonds is 8. The third kappa shape index (κ3) is 7.64. The van der Waals surface area contributed by atoms with Crippen LogP contribution in [0.25, 0.3) is 0 Å². The van der Waals surface area contributed by atoms with Crippen LogP contribution in [0.15, 0.2) is 24.0 Å². The van der Waals surface area contributed by atoms with Crippen molar-refractivity contribution < 1.29 is 9.53 Å². The molecular formula is C18H32IN7O2. The summed E-state index contributed by atoms with van der Waals surface area (Å²) in [5.74, 6) is 1.72. The van der Waals surface area contributed by atoms with Crippen LogP contribution in [0.4, 0.5) is 4.79 Å². The molecule has 0 aliphatic carbocycles. The van der Waals surface area contributed by atoms with E-state index in [1.165, 1.54) is 0 Å². The van der Waals surface area contributed by atoms with Crippen LogP contribution >= 0.6 is 24.0 Å². The van der Waals surface area contributed by atoms with Gasteiger partial charge in [-0.05, 0) is 19.8 Å². The molecule has 2 heterocycles. The average molecular weight is 505 g/mol. The summed E-state index contributed by atoms with van der Waals surface area (Å²) in [5, 5.41) is 14.8. The highest BCUT2D eigenvalue weighted by molar-refractivity contribution is 14.0. The topological polar surface area (TPSA) is 96.7 Å². The zero-order valence-electron chi connectivity index (χ0n) is 16.8. The number of carbonyl (C=O) groups excluding carboxylic acids is 1. The minimum Gasteiger partial charge on any atom is -0.450 e. The summed E-state index contributed by atoms with van der Waals surface area (Å²) in [4.78, 5) is 18.2. The fraction of sp³-hybridized carbons (Fsp3) is 0.667. The predicted octanol–water partition coefficient (Wildman–Crippen LogP) is 1.80. The smallest absolute Gasteiger partial charge is 0.409 e. The predicted molar refractivity (Wildman–Crippen MR) is 120 cm³/mol. The van der Waals surface area contributed by atoms with Gasteiger partial charge in [-0.25, -0.2) is 4.79 Å². The summed E-state index contributed by atoms with van der Waals surface area (Å²) in [7, 11) is 0. The van der Waals surface area contributed by atoms with Crippen LogP contribution in [0.5, 0.6) is 0 Å². The van der Waals surface area contributed by atoms with Gasteiger partial charge < -0.3 is 24.8 Å². The summed E-state index contributed by atoms with van der Waals surface area (Å²) >= 11 is 0. The highest BCUT2D eigenvalue weighted by atomic mass is 127. The Kier molecular flexibility index (Phi) is 11.5. The second kappa shape index (κ2) is 13.3. The van der Waals surface area contributed by atoms with Gasteiger partial charge in [-0.1, -0.05) is 13.0 Å². The molecule has 1 aliphatic heterocycles. The number of carbonyl (C=O) groups is 1. The van der Waals surface area contributed by atoms with E-state index in [1.54, 1.807) is 17.3 Å². The van der Waals surface area contributed by atoms with Crippen LogP contribution in [-0.4, -0.2) is 70.5 Å². The van der Waals surface area contributed by atoms with Crippen molar-refractivity contribution in [1.29, 1.82) is 0 Å². The number of piperidine rings is 1. The maximum Gasteiger partial charge on any atom is 0.409 e. The van der Waals surface area contributed by atoms with Gasteiger partial charge >= 0.3 is 6.09 Å². The highest BCUT2D eigenvalue weighted by Gasteiger charge is 2.24. The van der Waals surface area contributed by atoms with E-state index in [1.807, 2.05) is 11.5 Å². The number of hydrogen-bond acceptors (Lipinski definition) is 5. The van der Waals surface area contributed by atoms with Gasteiger partial charge in [0.25, 0.3) is 0 Å². The van der Waals surface area contributed by atoms with Crippen molar-refractivity contribution in [2.45, 2.75) is 45.7 Å². The lowest BCUT2D eigenvalue weighted by atomic mass is 10.1. The molecule has 158 valence electrons. The van der Waals surface area contributed by atoms with Crippen molar-refractivity contribution >= 4 is 36.0 Å². The number of nitrogens with one attached hydrogen (secondary N) is 2. The Morgan fingerprint density at radius 2 is 2.18 bits per heavy atom. The van der Waals surface area contributed by atoms with Gasteiger partial charge in [-0.2, -0.15) is 0 Å². The molecule has 0 aromatic carbocycles. The third-order valence-electron chi connectivity index (χ3n) is 4.40. The van der Waals surface area contributed by atoms with E-state index in [2.05, 4.69) is 39.3 Å². The van der Waals surface area contributed by atoms with Crippen LogP contribution in [0, 0.1) is 0 Å². The largest absolute Gasteiger partial charge is 0.450 e. The molecule has 1 aromatic heterocycles. The Labute approximate surface area is 184 Å². The summed E-state index contributed by atoms with van der Waals surface area (Å²) in [6.07, 6.45) is 5.88. The Bertz CT molecular complexity index is 627. The van der Waals surface area contributed by atoms with Crippen molar-refractivity contribution in [3.05, 3.63) is 24.8 Å². The van der Waals surface area contributed by atoms with Crippen molar-refractivity contribution in [3.8, 4) is 0 Å². The van der Waals surface area contributed by atoms with E-state index in [-0.39, 0.29) is 36.1 Å². The zero-order valence-corrected chi connectivity index (χ0v) is 19.1. The van der Waals surface area contributed by atoms with Crippen molar-refractivity contribution in [2.75, 3.05) is 32.8 Å². The van der Waals surface area contributed by atoms with Gasteiger partial charge in [0.05, 0.1) is 13.2 Å². The maximum atomic E-state index is 11.8. The molecule has 9 nitrogen and oxygen atoms in total. The molecule has 0 unspecified atom stereocenters. The minimum absolute atomic E-state index is 0. The standard InChI is InChI=1S/C18H31N7O2.HI/c1-4-9-19-17(20-10-13-25-14-21-23-16(25)5-2)22-15-7-11-24(12-8-15)18(26)27-6-3;/h4,14-15H,1,5-13H2,2-3H3,(H2,19,20,22);1H. The van der Waals surface area contributed by atoms with E-state index in [4.69, 9.17) is 4.74 Å². The van der Waals surface area contributed by atoms with Crippen molar-refractivity contribution in [3.63, 3.8) is 0 Å². The molecule has 0 radical (unpaired) electrons. The lowest BCUT2D eigenvalue weighted by Gasteiger charge is -2.32. The fourth-order valence-electron chi connectivity index (χ4n) is 2.94. The summed E-state index contributed by atoms with van der Waals surface area (Å²) in [6.45, 7) is 11.4. The Morgan fingerprint density at radius 3 is 2.82 bits per heavy atom. The number of aromatic nitrogens is 3. The van der Waals surface area contributed by atoms with Crippen LogP contribution in [0.2, 0.25) is 0 Å². The minimum atomic E-state index is -0.227. The molecule has 1 aliphatic rings. The fourth-order valence-corrected chi connectivity index (χ4v) is 2.94. The highest BCUT2D eigenvalue weighted by Crippen LogP contribution is 2.11. The lowest BCUT2D eigenvalue weighted by Crippen LogP contribution is -2.50. The van der Waals surface area contributed by atoms with Gasteiger partial charge in [-0.15, -0.1) is 40.8 Å². The molecule has 0 saturated carbocycles. The molecule has 2 rings (SSSR count). The van der Waals surface area contributed by atoms with Crippen LogP contribution in [0.1, 0.15) is 32.5 Å². The van der Waals surface area contributed by atoms with Gasteiger partial charge in [0.2, 0.25) is 0 Å². The molecule has 0 atom stereocenters. The number of likely N-dealkylation sites (tertiary alicyclic amines) is 1. The van der Waals surface area contributed by atoms with E-state index in [9.17, 15) is 4.79 Å². The first-order valence-electron chi connectivity index (χ1n) is 9.62. The number of aryl methyl sites for hydroxylation is 1. The van der Waals surface area contributed by atoms with Gasteiger partial charge in [0.1, 0.15) is 12.2 Å². The zero-order chi connectivity index (χ0) is 19.5.